The zero-order valence-electron chi connectivity index (χ0n) is 10.5. The summed E-state index contributed by atoms with van der Waals surface area (Å²) in [6.07, 6.45) is 1.84. The molecule has 2 rings (SSSR count). The van der Waals surface area contributed by atoms with Crippen LogP contribution in [0.4, 0.5) is 0 Å². The Labute approximate surface area is 106 Å². The molecule has 0 radical (unpaired) electrons. The van der Waals surface area contributed by atoms with Gasteiger partial charge in [-0.3, -0.25) is 4.98 Å². The molecule has 2 heterocycles. The van der Waals surface area contributed by atoms with E-state index in [-0.39, 0.29) is 0 Å². The van der Waals surface area contributed by atoms with Gasteiger partial charge in [0.1, 0.15) is 10.3 Å². The highest BCUT2D eigenvalue weighted by Crippen LogP contribution is 2.19. The van der Waals surface area contributed by atoms with Crippen LogP contribution >= 0.6 is 12.2 Å². The molecule has 0 unspecified atom stereocenters. The summed E-state index contributed by atoms with van der Waals surface area (Å²) < 4.78 is 0.637. The van der Waals surface area contributed by atoms with Crippen LogP contribution in [0.3, 0.4) is 0 Å². The van der Waals surface area contributed by atoms with E-state index in [1.165, 1.54) is 0 Å². The number of nitrogens with one attached hydrogen (secondary N) is 1. The molecule has 0 atom stereocenters. The molecule has 0 aromatic carbocycles. The lowest BCUT2D eigenvalue weighted by molar-refractivity contribution is 1.03. The molecule has 88 valence electrons. The van der Waals surface area contributed by atoms with Crippen molar-refractivity contribution in [1.29, 1.82) is 0 Å². The number of nitrogens with zero attached hydrogens (tertiary/aromatic N) is 2. The highest BCUT2D eigenvalue weighted by atomic mass is 32.1. The van der Waals surface area contributed by atoms with E-state index in [9.17, 15) is 0 Å². The monoisotopic (exact) mass is 245 g/mol. The summed E-state index contributed by atoms with van der Waals surface area (Å²) in [5.41, 5.74) is 5.18. The van der Waals surface area contributed by atoms with Crippen LogP contribution < -0.4 is 0 Å². The van der Waals surface area contributed by atoms with Gasteiger partial charge in [-0.05, 0) is 38.8 Å². The van der Waals surface area contributed by atoms with Gasteiger partial charge in [0.2, 0.25) is 0 Å². The van der Waals surface area contributed by atoms with Gasteiger partial charge >= 0.3 is 0 Å². The Kier molecular flexibility index (Phi) is 3.07. The van der Waals surface area contributed by atoms with Gasteiger partial charge in [-0.2, -0.15) is 0 Å². The molecule has 1 N–H and O–H groups in total. The number of aromatic nitrogens is 3. The second-order valence-electron chi connectivity index (χ2n) is 4.32. The molecule has 0 bridgehead atoms. The van der Waals surface area contributed by atoms with Crippen LogP contribution in [0.5, 0.6) is 0 Å². The van der Waals surface area contributed by atoms with Gasteiger partial charge in [-0.15, -0.1) is 0 Å². The number of rotatable bonds is 1. The average Bonchev–Trinajstić information content (AvgIpc) is 2.25. The van der Waals surface area contributed by atoms with Crippen LogP contribution in [0.25, 0.3) is 11.5 Å². The first-order valence-electron chi connectivity index (χ1n) is 5.50. The average molecular weight is 245 g/mol. The van der Waals surface area contributed by atoms with E-state index in [0.717, 1.165) is 33.9 Å². The quantitative estimate of drug-likeness (QED) is 0.782. The zero-order chi connectivity index (χ0) is 12.6. The van der Waals surface area contributed by atoms with Crippen molar-refractivity contribution in [2.24, 2.45) is 0 Å². The molecule has 0 fully saturated rings. The van der Waals surface area contributed by atoms with Gasteiger partial charge < -0.3 is 4.98 Å². The van der Waals surface area contributed by atoms with Crippen LogP contribution in [0.2, 0.25) is 0 Å². The predicted octanol–water partition coefficient (Wildman–Crippen LogP) is 3.43. The molecule has 0 aliphatic rings. The predicted molar refractivity (Wildman–Crippen MR) is 71.6 cm³/mol. The molecule has 2 aromatic rings. The minimum Gasteiger partial charge on any atom is -0.342 e. The first-order chi connectivity index (χ1) is 7.99. The lowest BCUT2D eigenvalue weighted by atomic mass is 10.1. The number of hydrogen-bond acceptors (Lipinski definition) is 3. The Balaban J connectivity index is 2.65. The van der Waals surface area contributed by atoms with E-state index in [1.54, 1.807) is 0 Å². The summed E-state index contributed by atoms with van der Waals surface area (Å²) >= 11 is 5.24. The molecule has 4 heteroatoms. The fraction of sp³-hybridized carbons (Fsp3) is 0.308. The third kappa shape index (κ3) is 2.26. The number of H-pyrrole nitrogens is 1. The molecule has 0 saturated carbocycles. The van der Waals surface area contributed by atoms with Crippen molar-refractivity contribution in [3.8, 4) is 11.5 Å². The van der Waals surface area contributed by atoms with E-state index < -0.39 is 0 Å². The van der Waals surface area contributed by atoms with Crippen molar-refractivity contribution < 1.29 is 0 Å². The summed E-state index contributed by atoms with van der Waals surface area (Å²) in [4.78, 5) is 12.1. The Morgan fingerprint density at radius 1 is 1.18 bits per heavy atom. The van der Waals surface area contributed by atoms with Crippen molar-refractivity contribution in [2.45, 2.75) is 27.7 Å². The minimum atomic E-state index is 0.637. The molecule has 0 spiro atoms. The van der Waals surface area contributed by atoms with E-state index in [0.29, 0.717) is 4.64 Å². The molecule has 0 amide bonds. The van der Waals surface area contributed by atoms with E-state index >= 15 is 0 Å². The number of aromatic amines is 1. The molecule has 2 aromatic heterocycles. The first-order valence-corrected chi connectivity index (χ1v) is 5.91. The van der Waals surface area contributed by atoms with Gasteiger partial charge in [0.15, 0.2) is 5.82 Å². The highest BCUT2D eigenvalue weighted by molar-refractivity contribution is 7.71. The molecule has 17 heavy (non-hydrogen) atoms. The van der Waals surface area contributed by atoms with Gasteiger partial charge in [0.05, 0.1) is 0 Å². The summed E-state index contributed by atoms with van der Waals surface area (Å²) in [5.74, 6) is 0.746. The zero-order valence-corrected chi connectivity index (χ0v) is 11.3. The van der Waals surface area contributed by atoms with E-state index in [1.807, 2.05) is 33.9 Å². The van der Waals surface area contributed by atoms with Crippen LogP contribution in [0.1, 0.15) is 22.4 Å². The van der Waals surface area contributed by atoms with Gasteiger partial charge in [0, 0.05) is 17.5 Å². The maximum atomic E-state index is 5.24. The van der Waals surface area contributed by atoms with Crippen molar-refractivity contribution in [3.63, 3.8) is 0 Å². The molecule has 0 saturated heterocycles. The summed E-state index contributed by atoms with van der Waals surface area (Å²) in [5, 5.41) is 0. The Morgan fingerprint density at radius 2 is 1.88 bits per heavy atom. The maximum absolute atomic E-state index is 5.24. The Morgan fingerprint density at radius 3 is 2.47 bits per heavy atom. The van der Waals surface area contributed by atoms with Gasteiger partial charge in [-0.25, -0.2) is 4.98 Å². The van der Waals surface area contributed by atoms with Crippen molar-refractivity contribution >= 4 is 12.2 Å². The fourth-order valence-corrected chi connectivity index (χ4v) is 1.96. The summed E-state index contributed by atoms with van der Waals surface area (Å²) in [6.45, 7) is 8.03. The van der Waals surface area contributed by atoms with E-state index in [4.69, 9.17) is 12.2 Å². The van der Waals surface area contributed by atoms with Gasteiger partial charge in [-0.1, -0.05) is 18.3 Å². The van der Waals surface area contributed by atoms with Crippen molar-refractivity contribution in [2.75, 3.05) is 0 Å². The Hall–Kier alpha value is -1.55. The molecule has 0 aliphatic heterocycles. The lowest BCUT2D eigenvalue weighted by Crippen LogP contribution is -1.99. The number of hydrogen-bond donors (Lipinski definition) is 1. The number of pyridine rings is 1. The van der Waals surface area contributed by atoms with Gasteiger partial charge in [0.25, 0.3) is 0 Å². The minimum absolute atomic E-state index is 0.637. The van der Waals surface area contributed by atoms with Crippen molar-refractivity contribution in [3.05, 3.63) is 39.3 Å². The Bertz CT molecular complexity index is 629. The second-order valence-corrected chi connectivity index (χ2v) is 4.71. The molecule has 3 nitrogen and oxygen atoms in total. The third-order valence-corrected chi connectivity index (χ3v) is 3.24. The molecular formula is C13H15N3S. The topological polar surface area (TPSA) is 41.6 Å². The normalized spacial score (nSPS) is 10.6. The second kappa shape index (κ2) is 4.37. The van der Waals surface area contributed by atoms with E-state index in [2.05, 4.69) is 21.0 Å². The smallest absolute Gasteiger partial charge is 0.158 e. The van der Waals surface area contributed by atoms with Crippen LogP contribution in [0, 0.1) is 32.3 Å². The molecule has 0 aliphatic carbocycles. The SMILES string of the molecule is Cc1cnc(-c2nc(=S)c(C)c(C)[nH]2)c(C)c1. The largest absolute Gasteiger partial charge is 0.342 e. The highest BCUT2D eigenvalue weighted by Gasteiger charge is 2.08. The summed E-state index contributed by atoms with van der Waals surface area (Å²) in [6, 6.07) is 2.09. The molecular weight excluding hydrogens is 230 g/mol. The van der Waals surface area contributed by atoms with Crippen LogP contribution in [-0.4, -0.2) is 15.0 Å². The number of aryl methyl sites for hydroxylation is 3. The van der Waals surface area contributed by atoms with Crippen LogP contribution in [-0.2, 0) is 0 Å². The fourth-order valence-electron chi connectivity index (χ4n) is 1.72. The first kappa shape index (κ1) is 11.9. The van der Waals surface area contributed by atoms with Crippen molar-refractivity contribution in [1.82, 2.24) is 15.0 Å². The van der Waals surface area contributed by atoms with Crippen LogP contribution in [0.15, 0.2) is 12.3 Å². The maximum Gasteiger partial charge on any atom is 0.158 e. The standard InChI is InChI=1S/C13H15N3S/c1-7-5-8(2)11(14-6-7)12-15-10(4)9(3)13(17)16-12/h5-6H,1-4H3,(H,15,16,17). The summed E-state index contributed by atoms with van der Waals surface area (Å²) in [7, 11) is 0. The third-order valence-electron chi connectivity index (χ3n) is 2.84. The lowest BCUT2D eigenvalue weighted by Gasteiger charge is -2.08.